The lowest BCUT2D eigenvalue weighted by Crippen LogP contribution is -2.35. The lowest BCUT2D eigenvalue weighted by Gasteiger charge is -2.29. The molecule has 0 radical (unpaired) electrons. The largest absolute Gasteiger partial charge is 0.416 e. The van der Waals surface area contributed by atoms with Gasteiger partial charge in [-0.1, -0.05) is 60.7 Å². The van der Waals surface area contributed by atoms with Gasteiger partial charge in [0, 0.05) is 24.7 Å². The highest BCUT2D eigenvalue weighted by molar-refractivity contribution is 7.89. The highest BCUT2D eigenvalue weighted by Crippen LogP contribution is 2.33. The number of non-ortho nitro benzene ring substituents is 1. The number of fused-ring (bicyclic) bond motifs is 1. The molecule has 198 valence electrons. The van der Waals surface area contributed by atoms with E-state index >= 15 is 0 Å². The van der Waals surface area contributed by atoms with Gasteiger partial charge in [0.25, 0.3) is 5.69 Å². The Labute approximate surface area is 218 Å². The van der Waals surface area contributed by atoms with Crippen molar-refractivity contribution in [2.45, 2.75) is 36.9 Å². The molecule has 0 aromatic heterocycles. The summed E-state index contributed by atoms with van der Waals surface area (Å²) in [6.07, 6.45) is -3.97. The molecule has 4 rings (SSSR count). The molecule has 0 aliphatic rings. The second-order valence-corrected chi connectivity index (χ2v) is 10.8. The van der Waals surface area contributed by atoms with Gasteiger partial charge in [0.2, 0.25) is 10.0 Å². The van der Waals surface area contributed by atoms with E-state index in [-0.39, 0.29) is 30.0 Å². The van der Waals surface area contributed by atoms with Crippen molar-refractivity contribution in [1.82, 2.24) is 4.31 Å². The van der Waals surface area contributed by atoms with Crippen LogP contribution < -0.4 is 0 Å². The third-order valence-corrected chi connectivity index (χ3v) is 8.44. The van der Waals surface area contributed by atoms with E-state index in [4.69, 9.17) is 0 Å². The van der Waals surface area contributed by atoms with Crippen LogP contribution in [0.5, 0.6) is 0 Å². The van der Waals surface area contributed by atoms with Crippen LogP contribution in [-0.2, 0) is 22.6 Å². The normalized spacial score (nSPS) is 13.1. The van der Waals surface area contributed by atoms with Gasteiger partial charge in [-0.3, -0.25) is 10.1 Å². The summed E-state index contributed by atoms with van der Waals surface area (Å²) >= 11 is 0. The second kappa shape index (κ2) is 10.9. The molecule has 0 unspecified atom stereocenters. The van der Waals surface area contributed by atoms with Gasteiger partial charge in [0.05, 0.1) is 15.4 Å². The Hall–Kier alpha value is -3.76. The van der Waals surface area contributed by atoms with Gasteiger partial charge in [-0.25, -0.2) is 8.42 Å². The predicted molar refractivity (Wildman–Crippen MR) is 139 cm³/mol. The van der Waals surface area contributed by atoms with Crippen LogP contribution in [0.15, 0.2) is 95.9 Å². The average Bonchev–Trinajstić information content (AvgIpc) is 2.90. The highest BCUT2D eigenvalue weighted by Gasteiger charge is 2.32. The Bertz CT molecular complexity index is 1550. The van der Waals surface area contributed by atoms with Gasteiger partial charge in [0.1, 0.15) is 0 Å². The maximum Gasteiger partial charge on any atom is 0.416 e. The van der Waals surface area contributed by atoms with E-state index in [9.17, 15) is 31.7 Å². The van der Waals surface area contributed by atoms with Gasteiger partial charge in [0.15, 0.2) is 0 Å². The fourth-order valence-electron chi connectivity index (χ4n) is 4.51. The van der Waals surface area contributed by atoms with Crippen LogP contribution in [0.1, 0.15) is 36.1 Å². The number of halogens is 3. The first-order chi connectivity index (χ1) is 18.0. The van der Waals surface area contributed by atoms with E-state index in [1.54, 1.807) is 13.0 Å². The smallest absolute Gasteiger partial charge is 0.258 e. The number of nitrogens with zero attached hydrogens (tertiary/aromatic N) is 2. The van der Waals surface area contributed by atoms with E-state index in [1.807, 2.05) is 42.5 Å². The monoisotopic (exact) mass is 542 g/mol. The van der Waals surface area contributed by atoms with E-state index in [2.05, 4.69) is 0 Å². The van der Waals surface area contributed by atoms with Crippen LogP contribution in [0.25, 0.3) is 10.8 Å². The summed E-state index contributed by atoms with van der Waals surface area (Å²) in [5.41, 5.74) is 0.231. The maximum absolute atomic E-state index is 13.8. The third kappa shape index (κ3) is 5.87. The van der Waals surface area contributed by atoms with Crippen LogP contribution in [-0.4, -0.2) is 24.2 Å². The molecule has 0 fully saturated rings. The Kier molecular flexibility index (Phi) is 7.84. The van der Waals surface area contributed by atoms with Gasteiger partial charge in [-0.15, -0.1) is 0 Å². The topological polar surface area (TPSA) is 80.5 Å². The number of rotatable bonds is 9. The van der Waals surface area contributed by atoms with Crippen LogP contribution in [0.3, 0.4) is 0 Å². The minimum absolute atomic E-state index is 0.0277. The number of alkyl halides is 3. The number of nitro benzene ring substituents is 1. The molecule has 0 bridgehead atoms. The molecule has 6 nitrogen and oxygen atoms in total. The van der Waals surface area contributed by atoms with E-state index in [0.29, 0.717) is 5.56 Å². The Balaban J connectivity index is 1.67. The molecule has 38 heavy (non-hydrogen) atoms. The molecular weight excluding hydrogens is 517 g/mol. The van der Waals surface area contributed by atoms with Gasteiger partial charge in [-0.2, -0.15) is 17.5 Å². The van der Waals surface area contributed by atoms with Crippen LogP contribution >= 0.6 is 0 Å². The summed E-state index contributed by atoms with van der Waals surface area (Å²) in [5.74, 6) is 0. The minimum Gasteiger partial charge on any atom is -0.258 e. The summed E-state index contributed by atoms with van der Waals surface area (Å²) in [6, 6.07) is 22.2. The van der Waals surface area contributed by atoms with Crippen LogP contribution in [0, 0.1) is 10.1 Å². The first kappa shape index (κ1) is 27.3. The van der Waals surface area contributed by atoms with Crippen LogP contribution in [0.4, 0.5) is 18.9 Å². The Morgan fingerprint density at radius 3 is 2.26 bits per heavy atom. The molecule has 0 saturated heterocycles. The van der Waals surface area contributed by atoms with Gasteiger partial charge >= 0.3 is 6.18 Å². The number of hydrogen-bond acceptors (Lipinski definition) is 4. The molecule has 0 aliphatic heterocycles. The van der Waals surface area contributed by atoms with Crippen molar-refractivity contribution in [3.63, 3.8) is 0 Å². The molecule has 0 spiro atoms. The molecule has 1 atom stereocenters. The quantitative estimate of drug-likeness (QED) is 0.166. The number of hydrogen-bond donors (Lipinski definition) is 0. The molecule has 4 aromatic rings. The molecule has 0 saturated carbocycles. The standard InChI is InChI=1S/C28H25F3N2O4S/c1-20(26-13-5-10-22-9-2-3-12-27(22)26)32(38(36,37)25-16-14-24(15-17-25)33(34)35)18-6-8-21-7-4-11-23(19-21)28(29,30)31/h2-5,7,9-17,19-20H,6,8,18H2,1H3/t20-/m1/s1. The molecule has 0 amide bonds. The van der Waals surface area contributed by atoms with E-state index in [1.165, 1.54) is 22.5 Å². The van der Waals surface area contributed by atoms with Crippen molar-refractivity contribution < 1.29 is 26.5 Å². The van der Waals surface area contributed by atoms with Gasteiger partial charge in [-0.05, 0) is 59.9 Å². The third-order valence-electron chi connectivity index (χ3n) is 6.46. The lowest BCUT2D eigenvalue weighted by atomic mass is 9.99. The molecular formula is C28H25F3N2O4S. The fourth-order valence-corrected chi connectivity index (χ4v) is 6.16. The van der Waals surface area contributed by atoms with Crippen molar-refractivity contribution in [3.05, 3.63) is 118 Å². The number of aryl methyl sites for hydroxylation is 1. The zero-order valence-corrected chi connectivity index (χ0v) is 21.2. The summed E-state index contributed by atoms with van der Waals surface area (Å²) in [4.78, 5) is 10.3. The summed E-state index contributed by atoms with van der Waals surface area (Å²) in [7, 11) is -4.11. The highest BCUT2D eigenvalue weighted by atomic mass is 32.2. The molecule has 0 N–H and O–H groups in total. The zero-order chi connectivity index (χ0) is 27.5. The predicted octanol–water partition coefficient (Wildman–Crippen LogP) is 7.15. The molecule has 0 aliphatic carbocycles. The van der Waals surface area contributed by atoms with Crippen molar-refractivity contribution in [2.24, 2.45) is 0 Å². The van der Waals surface area contributed by atoms with Crippen LogP contribution in [0.2, 0.25) is 0 Å². The van der Waals surface area contributed by atoms with Crippen molar-refractivity contribution in [1.29, 1.82) is 0 Å². The number of benzene rings is 4. The van der Waals surface area contributed by atoms with Crippen molar-refractivity contribution in [3.8, 4) is 0 Å². The fraction of sp³-hybridized carbons (Fsp3) is 0.214. The summed E-state index contributed by atoms with van der Waals surface area (Å²) in [5, 5.41) is 12.9. The molecule has 0 heterocycles. The van der Waals surface area contributed by atoms with Gasteiger partial charge < -0.3 is 0 Å². The van der Waals surface area contributed by atoms with Crippen molar-refractivity contribution >= 4 is 26.5 Å². The Morgan fingerprint density at radius 2 is 1.58 bits per heavy atom. The number of sulfonamides is 1. The summed E-state index contributed by atoms with van der Waals surface area (Å²) < 4.78 is 68.3. The SMILES string of the molecule is C[C@H](c1cccc2ccccc12)N(CCCc1cccc(C(F)(F)F)c1)S(=O)(=O)c1ccc([N+](=O)[O-])cc1. The number of nitro groups is 1. The van der Waals surface area contributed by atoms with E-state index in [0.717, 1.165) is 40.6 Å². The minimum atomic E-state index is -4.47. The summed E-state index contributed by atoms with van der Waals surface area (Å²) in [6.45, 7) is 1.79. The maximum atomic E-state index is 13.8. The lowest BCUT2D eigenvalue weighted by molar-refractivity contribution is -0.384. The van der Waals surface area contributed by atoms with E-state index < -0.39 is 32.7 Å². The second-order valence-electron chi connectivity index (χ2n) is 8.91. The average molecular weight is 543 g/mol. The first-order valence-electron chi connectivity index (χ1n) is 11.9. The van der Waals surface area contributed by atoms with Crippen molar-refractivity contribution in [2.75, 3.05) is 6.54 Å². The Morgan fingerprint density at radius 1 is 0.921 bits per heavy atom. The first-order valence-corrected chi connectivity index (χ1v) is 13.3. The molecule has 10 heteroatoms. The zero-order valence-electron chi connectivity index (χ0n) is 20.4. The molecule has 4 aromatic carbocycles.